The standard InChI is InChI=1S/C9H10FNO3S/c1-2-15(13,14)11-9(12)7-5-3-4-6-8(7)10/h3-6H,2H2,1H3,(H,11,12). The van der Waals surface area contributed by atoms with Gasteiger partial charge in [0.25, 0.3) is 5.91 Å². The molecule has 1 aromatic carbocycles. The summed E-state index contributed by atoms with van der Waals surface area (Å²) >= 11 is 0. The van der Waals surface area contributed by atoms with Gasteiger partial charge in [0.2, 0.25) is 10.0 Å². The fraction of sp³-hybridized carbons (Fsp3) is 0.222. The molecular formula is C9H10FNO3S. The summed E-state index contributed by atoms with van der Waals surface area (Å²) in [6.45, 7) is 1.39. The first-order valence-corrected chi connectivity index (χ1v) is 5.91. The molecule has 0 heterocycles. The van der Waals surface area contributed by atoms with E-state index in [1.54, 1.807) is 4.72 Å². The lowest BCUT2D eigenvalue weighted by Crippen LogP contribution is -2.32. The third-order valence-electron chi connectivity index (χ3n) is 1.75. The molecule has 0 saturated heterocycles. The van der Waals surface area contributed by atoms with Crippen LogP contribution in [0, 0.1) is 5.82 Å². The quantitative estimate of drug-likeness (QED) is 0.840. The Hall–Kier alpha value is -1.43. The molecule has 6 heteroatoms. The van der Waals surface area contributed by atoms with Gasteiger partial charge in [0.05, 0.1) is 11.3 Å². The Morgan fingerprint density at radius 1 is 1.40 bits per heavy atom. The van der Waals surface area contributed by atoms with Crippen molar-refractivity contribution in [2.45, 2.75) is 6.92 Å². The average molecular weight is 231 g/mol. The van der Waals surface area contributed by atoms with Gasteiger partial charge in [0, 0.05) is 0 Å². The van der Waals surface area contributed by atoms with Crippen molar-refractivity contribution in [3.05, 3.63) is 35.6 Å². The summed E-state index contributed by atoms with van der Waals surface area (Å²) in [7, 11) is -3.65. The van der Waals surface area contributed by atoms with Crippen LogP contribution in [0.4, 0.5) is 4.39 Å². The van der Waals surface area contributed by atoms with Crippen LogP contribution in [-0.2, 0) is 10.0 Å². The number of amides is 1. The minimum atomic E-state index is -3.65. The van der Waals surface area contributed by atoms with Crippen molar-refractivity contribution in [3.63, 3.8) is 0 Å². The summed E-state index contributed by atoms with van der Waals surface area (Å²) < 4.78 is 36.9. The van der Waals surface area contributed by atoms with Crippen LogP contribution in [-0.4, -0.2) is 20.1 Å². The average Bonchev–Trinajstić information content (AvgIpc) is 2.17. The summed E-state index contributed by atoms with van der Waals surface area (Å²) in [5.41, 5.74) is -0.283. The van der Waals surface area contributed by atoms with Crippen LogP contribution in [0.15, 0.2) is 24.3 Å². The second-order valence-corrected chi connectivity index (χ2v) is 4.83. The zero-order chi connectivity index (χ0) is 11.5. The maximum atomic E-state index is 13.1. The van der Waals surface area contributed by atoms with E-state index in [-0.39, 0.29) is 11.3 Å². The molecular weight excluding hydrogens is 221 g/mol. The molecule has 15 heavy (non-hydrogen) atoms. The van der Waals surface area contributed by atoms with Crippen LogP contribution in [0.5, 0.6) is 0 Å². The van der Waals surface area contributed by atoms with Gasteiger partial charge in [0.15, 0.2) is 0 Å². The molecule has 0 aromatic heterocycles. The van der Waals surface area contributed by atoms with Gasteiger partial charge in [0.1, 0.15) is 5.82 Å². The molecule has 0 fully saturated rings. The Balaban J connectivity index is 2.93. The lowest BCUT2D eigenvalue weighted by atomic mass is 10.2. The van der Waals surface area contributed by atoms with Gasteiger partial charge in [-0.1, -0.05) is 12.1 Å². The van der Waals surface area contributed by atoms with Crippen LogP contribution >= 0.6 is 0 Å². The smallest absolute Gasteiger partial charge is 0.267 e. The molecule has 82 valence electrons. The van der Waals surface area contributed by atoms with Crippen molar-refractivity contribution in [1.82, 2.24) is 4.72 Å². The van der Waals surface area contributed by atoms with Gasteiger partial charge in [-0.15, -0.1) is 0 Å². The van der Waals surface area contributed by atoms with E-state index in [9.17, 15) is 17.6 Å². The lowest BCUT2D eigenvalue weighted by Gasteiger charge is -2.04. The number of carbonyl (C=O) groups is 1. The van der Waals surface area contributed by atoms with Crippen molar-refractivity contribution in [2.24, 2.45) is 0 Å². The van der Waals surface area contributed by atoms with E-state index in [2.05, 4.69) is 0 Å². The maximum absolute atomic E-state index is 13.1. The highest BCUT2D eigenvalue weighted by Gasteiger charge is 2.16. The number of nitrogens with one attached hydrogen (secondary N) is 1. The first-order chi connectivity index (χ1) is 6.96. The van der Waals surface area contributed by atoms with E-state index < -0.39 is 21.7 Å². The molecule has 1 rings (SSSR count). The number of carbonyl (C=O) groups excluding carboxylic acids is 1. The molecule has 0 spiro atoms. The first-order valence-electron chi connectivity index (χ1n) is 4.25. The number of benzene rings is 1. The summed E-state index contributed by atoms with van der Waals surface area (Å²) in [5.74, 6) is -1.93. The Morgan fingerprint density at radius 2 is 2.00 bits per heavy atom. The molecule has 1 aromatic rings. The maximum Gasteiger partial charge on any atom is 0.267 e. The molecule has 0 radical (unpaired) electrons. The van der Waals surface area contributed by atoms with Crippen molar-refractivity contribution in [3.8, 4) is 0 Å². The van der Waals surface area contributed by atoms with Gasteiger partial charge in [-0.05, 0) is 19.1 Å². The van der Waals surface area contributed by atoms with Gasteiger partial charge in [-0.25, -0.2) is 17.5 Å². The normalized spacial score (nSPS) is 11.1. The van der Waals surface area contributed by atoms with Gasteiger partial charge >= 0.3 is 0 Å². The lowest BCUT2D eigenvalue weighted by molar-refractivity contribution is 0.0977. The molecule has 0 aliphatic heterocycles. The summed E-state index contributed by atoms with van der Waals surface area (Å²) in [5, 5.41) is 0. The first kappa shape index (κ1) is 11.6. The third-order valence-corrected chi connectivity index (χ3v) is 3.00. The molecule has 0 unspecified atom stereocenters. The minimum Gasteiger partial charge on any atom is -0.268 e. The molecule has 0 aliphatic carbocycles. The van der Waals surface area contributed by atoms with Crippen molar-refractivity contribution < 1.29 is 17.6 Å². The highest BCUT2D eigenvalue weighted by molar-refractivity contribution is 7.90. The highest BCUT2D eigenvalue weighted by atomic mass is 32.2. The van der Waals surface area contributed by atoms with E-state index in [0.717, 1.165) is 6.07 Å². The van der Waals surface area contributed by atoms with Crippen LogP contribution < -0.4 is 4.72 Å². The third kappa shape index (κ3) is 3.02. The van der Waals surface area contributed by atoms with Crippen LogP contribution in [0.3, 0.4) is 0 Å². The zero-order valence-corrected chi connectivity index (χ0v) is 8.84. The fourth-order valence-electron chi connectivity index (χ4n) is 0.914. The minimum absolute atomic E-state index is 0.229. The Bertz CT molecular complexity index is 470. The second kappa shape index (κ2) is 4.39. The van der Waals surface area contributed by atoms with Gasteiger partial charge in [-0.3, -0.25) is 4.79 Å². The number of hydrogen-bond acceptors (Lipinski definition) is 3. The van der Waals surface area contributed by atoms with E-state index in [1.807, 2.05) is 0 Å². The molecule has 1 N–H and O–H groups in total. The largest absolute Gasteiger partial charge is 0.268 e. The molecule has 0 bridgehead atoms. The number of sulfonamides is 1. The van der Waals surface area contributed by atoms with Crippen LogP contribution in [0.1, 0.15) is 17.3 Å². The molecule has 0 atom stereocenters. The van der Waals surface area contributed by atoms with E-state index >= 15 is 0 Å². The monoisotopic (exact) mass is 231 g/mol. The SMILES string of the molecule is CCS(=O)(=O)NC(=O)c1ccccc1F. The highest BCUT2D eigenvalue weighted by Crippen LogP contribution is 2.06. The van der Waals surface area contributed by atoms with Crippen LogP contribution in [0.2, 0.25) is 0 Å². The number of rotatable bonds is 3. The predicted octanol–water partition coefficient (Wildman–Crippen LogP) is 0.905. The van der Waals surface area contributed by atoms with E-state index in [1.165, 1.54) is 25.1 Å². The molecule has 0 aliphatic rings. The van der Waals surface area contributed by atoms with E-state index in [0.29, 0.717) is 0 Å². The molecule has 0 saturated carbocycles. The molecule has 1 amide bonds. The summed E-state index contributed by atoms with van der Waals surface area (Å²) in [6, 6.07) is 5.18. The van der Waals surface area contributed by atoms with Gasteiger partial charge in [-0.2, -0.15) is 0 Å². The Morgan fingerprint density at radius 3 is 2.53 bits per heavy atom. The number of halogens is 1. The van der Waals surface area contributed by atoms with Crippen molar-refractivity contribution >= 4 is 15.9 Å². The zero-order valence-electron chi connectivity index (χ0n) is 8.03. The number of hydrogen-bond donors (Lipinski definition) is 1. The topological polar surface area (TPSA) is 63.2 Å². The Labute approximate surface area is 87.2 Å². The Kier molecular flexibility index (Phi) is 3.41. The van der Waals surface area contributed by atoms with Gasteiger partial charge < -0.3 is 0 Å². The molecule has 4 nitrogen and oxygen atoms in total. The summed E-state index contributed by atoms with van der Waals surface area (Å²) in [6.07, 6.45) is 0. The van der Waals surface area contributed by atoms with Crippen LogP contribution in [0.25, 0.3) is 0 Å². The summed E-state index contributed by atoms with van der Waals surface area (Å²) in [4.78, 5) is 11.3. The predicted molar refractivity (Wildman–Crippen MR) is 53.3 cm³/mol. The van der Waals surface area contributed by atoms with Crippen molar-refractivity contribution in [1.29, 1.82) is 0 Å². The van der Waals surface area contributed by atoms with Crippen molar-refractivity contribution in [2.75, 3.05) is 5.75 Å². The second-order valence-electron chi connectivity index (χ2n) is 2.81. The fourth-order valence-corrected chi connectivity index (χ4v) is 1.45. The van der Waals surface area contributed by atoms with E-state index in [4.69, 9.17) is 0 Å².